The maximum absolute atomic E-state index is 13.5. The molecule has 0 saturated carbocycles. The number of benzene rings is 2. The number of hydrogen-bond donors (Lipinski definition) is 1. The largest absolute Gasteiger partial charge is 0.316 e. The molecule has 1 unspecified atom stereocenters. The maximum Gasteiger partial charge on any atom is 0.123 e. The van der Waals surface area contributed by atoms with Crippen molar-refractivity contribution in [1.82, 2.24) is 5.32 Å². The Bertz CT molecular complexity index is 601. The van der Waals surface area contributed by atoms with Gasteiger partial charge in [-0.2, -0.15) is 0 Å². The van der Waals surface area contributed by atoms with E-state index in [9.17, 15) is 4.39 Å². The van der Waals surface area contributed by atoms with E-state index in [1.807, 2.05) is 18.2 Å². The van der Waals surface area contributed by atoms with Crippen LogP contribution in [0.15, 0.2) is 42.5 Å². The van der Waals surface area contributed by atoms with E-state index in [1.165, 1.54) is 6.07 Å². The lowest BCUT2D eigenvalue weighted by atomic mass is 9.91. The lowest BCUT2D eigenvalue weighted by Gasteiger charge is -2.19. The minimum Gasteiger partial charge on any atom is -0.316 e. The Morgan fingerprint density at radius 1 is 1.14 bits per heavy atom. The molecule has 0 aliphatic rings. The van der Waals surface area contributed by atoms with Crippen LogP contribution in [0.2, 0.25) is 10.0 Å². The van der Waals surface area contributed by atoms with E-state index in [1.54, 1.807) is 18.2 Å². The average Bonchev–Trinajstić information content (AvgIpc) is 2.45. The van der Waals surface area contributed by atoms with Gasteiger partial charge >= 0.3 is 0 Å². The third-order valence-electron chi connectivity index (χ3n) is 3.44. The number of halogens is 3. The van der Waals surface area contributed by atoms with E-state index in [-0.39, 0.29) is 11.7 Å². The van der Waals surface area contributed by atoms with Gasteiger partial charge in [-0.05, 0) is 48.4 Å². The molecule has 112 valence electrons. The first-order chi connectivity index (χ1) is 10.1. The third-order valence-corrected chi connectivity index (χ3v) is 4.03. The molecule has 0 spiro atoms. The van der Waals surface area contributed by atoms with Crippen molar-refractivity contribution in [3.63, 3.8) is 0 Å². The summed E-state index contributed by atoms with van der Waals surface area (Å²) >= 11 is 12.2. The number of likely N-dealkylation sites (N-methyl/N-ethyl adjacent to an activating group) is 1. The topological polar surface area (TPSA) is 12.0 Å². The highest BCUT2D eigenvalue weighted by molar-refractivity contribution is 6.35. The Kier molecular flexibility index (Phi) is 6.04. The molecule has 1 atom stereocenters. The summed E-state index contributed by atoms with van der Waals surface area (Å²) in [5.41, 5.74) is 2.00. The van der Waals surface area contributed by atoms with Crippen LogP contribution in [0.3, 0.4) is 0 Å². The molecule has 0 aliphatic carbocycles. The maximum atomic E-state index is 13.5. The lowest BCUT2D eigenvalue weighted by Crippen LogP contribution is -2.22. The molecule has 1 nitrogen and oxygen atoms in total. The zero-order chi connectivity index (χ0) is 15.2. The Morgan fingerprint density at radius 2 is 1.95 bits per heavy atom. The first-order valence-corrected chi connectivity index (χ1v) is 7.76. The summed E-state index contributed by atoms with van der Waals surface area (Å²) in [5, 5.41) is 4.60. The summed E-state index contributed by atoms with van der Waals surface area (Å²) in [7, 11) is 0. The molecule has 0 amide bonds. The molecule has 0 heterocycles. The Hall–Kier alpha value is -1.09. The van der Waals surface area contributed by atoms with Gasteiger partial charge in [-0.15, -0.1) is 0 Å². The van der Waals surface area contributed by atoms with Crippen molar-refractivity contribution in [1.29, 1.82) is 0 Å². The van der Waals surface area contributed by atoms with Crippen LogP contribution < -0.4 is 5.32 Å². The fourth-order valence-electron chi connectivity index (χ4n) is 2.34. The number of rotatable bonds is 6. The van der Waals surface area contributed by atoms with E-state index < -0.39 is 0 Å². The minimum absolute atomic E-state index is 0.166. The van der Waals surface area contributed by atoms with Crippen molar-refractivity contribution in [3.8, 4) is 0 Å². The second kappa shape index (κ2) is 7.79. The predicted octanol–water partition coefficient (Wildman–Crippen LogP) is 5.07. The molecule has 0 radical (unpaired) electrons. The first-order valence-electron chi connectivity index (χ1n) is 7.00. The van der Waals surface area contributed by atoms with Gasteiger partial charge in [0.05, 0.1) is 0 Å². The molecule has 0 aliphatic heterocycles. The van der Waals surface area contributed by atoms with Gasteiger partial charge in [0, 0.05) is 22.5 Å². The van der Waals surface area contributed by atoms with Gasteiger partial charge < -0.3 is 5.32 Å². The number of hydrogen-bond acceptors (Lipinski definition) is 1. The van der Waals surface area contributed by atoms with Crippen LogP contribution in [0.25, 0.3) is 0 Å². The van der Waals surface area contributed by atoms with Crippen molar-refractivity contribution in [2.75, 3.05) is 13.1 Å². The van der Waals surface area contributed by atoms with Crippen molar-refractivity contribution in [2.45, 2.75) is 19.3 Å². The molecule has 21 heavy (non-hydrogen) atoms. The fourth-order valence-corrected chi connectivity index (χ4v) is 2.83. The molecule has 2 aromatic rings. The lowest BCUT2D eigenvalue weighted by molar-refractivity contribution is 0.583. The van der Waals surface area contributed by atoms with E-state index in [0.29, 0.717) is 10.0 Å². The Balaban J connectivity index is 2.23. The van der Waals surface area contributed by atoms with E-state index in [4.69, 9.17) is 23.2 Å². The molecule has 1 N–H and O–H groups in total. The van der Waals surface area contributed by atoms with Crippen LogP contribution in [-0.2, 0) is 6.42 Å². The quantitative estimate of drug-likeness (QED) is 0.782. The second-order valence-electron chi connectivity index (χ2n) is 5.00. The second-order valence-corrected chi connectivity index (χ2v) is 5.84. The van der Waals surface area contributed by atoms with Crippen molar-refractivity contribution in [3.05, 3.63) is 69.5 Å². The smallest absolute Gasteiger partial charge is 0.123 e. The molecule has 2 rings (SSSR count). The number of nitrogens with one attached hydrogen (secondary N) is 1. The predicted molar refractivity (Wildman–Crippen MR) is 87.9 cm³/mol. The van der Waals surface area contributed by atoms with Gasteiger partial charge in [0.2, 0.25) is 0 Å². The van der Waals surface area contributed by atoms with Gasteiger partial charge in [0.1, 0.15) is 5.82 Å². The summed E-state index contributed by atoms with van der Waals surface area (Å²) in [6.07, 6.45) is 0.743. The Labute approximate surface area is 135 Å². The first kappa shape index (κ1) is 16.3. The van der Waals surface area contributed by atoms with Crippen LogP contribution in [0.1, 0.15) is 24.0 Å². The van der Waals surface area contributed by atoms with Gasteiger partial charge in [-0.3, -0.25) is 0 Å². The van der Waals surface area contributed by atoms with Crippen LogP contribution >= 0.6 is 23.2 Å². The summed E-state index contributed by atoms with van der Waals surface area (Å²) < 4.78 is 13.5. The van der Waals surface area contributed by atoms with E-state index in [0.717, 1.165) is 30.6 Å². The molecule has 2 aromatic carbocycles. The highest BCUT2D eigenvalue weighted by Crippen LogP contribution is 2.27. The summed E-state index contributed by atoms with van der Waals surface area (Å²) in [6.45, 7) is 3.71. The zero-order valence-electron chi connectivity index (χ0n) is 11.9. The monoisotopic (exact) mass is 325 g/mol. The Morgan fingerprint density at radius 3 is 2.62 bits per heavy atom. The van der Waals surface area contributed by atoms with Gasteiger partial charge in [0.15, 0.2) is 0 Å². The molecule has 0 aromatic heterocycles. The summed E-state index contributed by atoms with van der Waals surface area (Å²) in [4.78, 5) is 0. The molecule has 4 heteroatoms. The summed E-state index contributed by atoms with van der Waals surface area (Å²) in [5.74, 6) is -0.0458. The molecular formula is C17H18Cl2FN. The van der Waals surface area contributed by atoms with Crippen molar-refractivity contribution in [2.24, 2.45) is 0 Å². The van der Waals surface area contributed by atoms with E-state index in [2.05, 4.69) is 12.2 Å². The molecule has 0 fully saturated rings. The van der Waals surface area contributed by atoms with Crippen LogP contribution in [0, 0.1) is 5.82 Å². The van der Waals surface area contributed by atoms with Crippen molar-refractivity contribution >= 4 is 23.2 Å². The van der Waals surface area contributed by atoms with Crippen LogP contribution in [-0.4, -0.2) is 13.1 Å². The van der Waals surface area contributed by atoms with Gasteiger partial charge in [-0.1, -0.05) is 48.3 Å². The molecule has 0 bridgehead atoms. The van der Waals surface area contributed by atoms with E-state index >= 15 is 0 Å². The fraction of sp³-hybridized carbons (Fsp3) is 0.294. The van der Waals surface area contributed by atoms with Gasteiger partial charge in [-0.25, -0.2) is 4.39 Å². The zero-order valence-corrected chi connectivity index (χ0v) is 13.4. The van der Waals surface area contributed by atoms with Gasteiger partial charge in [0.25, 0.3) is 0 Å². The summed E-state index contributed by atoms with van der Waals surface area (Å²) in [6, 6.07) is 12.3. The standard InChI is InChI=1S/C17H18Cl2FN/c1-2-21-11-14(12-4-3-5-16(20)9-12)8-13-6-7-15(18)10-17(13)19/h3-7,9-10,14,21H,2,8,11H2,1H3. The molecular weight excluding hydrogens is 308 g/mol. The average molecular weight is 326 g/mol. The SMILES string of the molecule is CCNCC(Cc1ccc(Cl)cc1Cl)c1cccc(F)c1. The minimum atomic E-state index is -0.212. The van der Waals surface area contributed by atoms with Crippen LogP contribution in [0.5, 0.6) is 0 Å². The molecule has 0 saturated heterocycles. The highest BCUT2D eigenvalue weighted by Gasteiger charge is 2.14. The highest BCUT2D eigenvalue weighted by atomic mass is 35.5. The van der Waals surface area contributed by atoms with Crippen LogP contribution in [0.4, 0.5) is 4.39 Å². The third kappa shape index (κ3) is 4.70. The van der Waals surface area contributed by atoms with Crippen molar-refractivity contribution < 1.29 is 4.39 Å². The normalized spacial score (nSPS) is 12.4.